The number of amides is 1. The largest absolute Gasteiger partial charge is 0.444 e. The maximum absolute atomic E-state index is 11.8. The molecule has 0 unspecified atom stereocenters. The van der Waals surface area contributed by atoms with Gasteiger partial charge in [0.2, 0.25) is 11.7 Å². The van der Waals surface area contributed by atoms with E-state index in [-0.39, 0.29) is 6.09 Å². The van der Waals surface area contributed by atoms with Crippen molar-refractivity contribution in [3.8, 4) is 0 Å². The van der Waals surface area contributed by atoms with Crippen LogP contribution in [-0.2, 0) is 21.5 Å². The van der Waals surface area contributed by atoms with Crippen LogP contribution in [0.15, 0.2) is 4.52 Å². The minimum absolute atomic E-state index is 0.268. The van der Waals surface area contributed by atoms with Crippen molar-refractivity contribution in [3.63, 3.8) is 0 Å². The van der Waals surface area contributed by atoms with Crippen molar-refractivity contribution in [2.45, 2.75) is 52.2 Å². The van der Waals surface area contributed by atoms with Crippen molar-refractivity contribution in [3.05, 3.63) is 11.7 Å². The highest BCUT2D eigenvalue weighted by Crippen LogP contribution is 2.24. The molecule has 0 N–H and O–H groups in total. The van der Waals surface area contributed by atoms with Gasteiger partial charge in [-0.3, -0.25) is 0 Å². The zero-order chi connectivity index (χ0) is 16.5. The highest BCUT2D eigenvalue weighted by Gasteiger charge is 2.35. The number of carbonyl (C=O) groups excluding carboxylic acids is 1. The number of hydrogen-bond acceptors (Lipinski definition) is 6. The lowest BCUT2D eigenvalue weighted by atomic mass is 9.97. The highest BCUT2D eigenvalue weighted by atomic mass is 16.6. The lowest BCUT2D eigenvalue weighted by Crippen LogP contribution is -2.52. The summed E-state index contributed by atoms with van der Waals surface area (Å²) in [6.45, 7) is 10.7. The predicted molar refractivity (Wildman–Crippen MR) is 79.3 cm³/mol. The minimum Gasteiger partial charge on any atom is -0.444 e. The molecule has 0 bridgehead atoms. The van der Waals surface area contributed by atoms with Gasteiger partial charge in [0.25, 0.3) is 0 Å². The van der Waals surface area contributed by atoms with Crippen LogP contribution < -0.4 is 0 Å². The molecule has 1 amide bonds. The van der Waals surface area contributed by atoms with E-state index in [1.165, 1.54) is 0 Å². The number of hydrogen-bond donors (Lipinski definition) is 0. The molecule has 22 heavy (non-hydrogen) atoms. The molecule has 0 atom stereocenters. The van der Waals surface area contributed by atoms with E-state index in [1.54, 1.807) is 12.0 Å². The SMILES string of the molecule is COC(C)(C)c1noc(CC2CN(C(=O)OC(C)(C)C)C2)n1. The van der Waals surface area contributed by atoms with Crippen LogP contribution in [0.5, 0.6) is 0 Å². The van der Waals surface area contributed by atoms with Gasteiger partial charge in [-0.2, -0.15) is 4.98 Å². The Morgan fingerprint density at radius 3 is 2.50 bits per heavy atom. The van der Waals surface area contributed by atoms with Crippen LogP contribution in [0.2, 0.25) is 0 Å². The van der Waals surface area contributed by atoms with Crippen LogP contribution in [-0.4, -0.2) is 46.9 Å². The van der Waals surface area contributed by atoms with E-state index in [0.717, 1.165) is 0 Å². The number of likely N-dealkylation sites (tertiary alicyclic amines) is 1. The van der Waals surface area contributed by atoms with Gasteiger partial charge in [0.1, 0.15) is 11.2 Å². The van der Waals surface area contributed by atoms with Crippen LogP contribution in [0, 0.1) is 5.92 Å². The molecule has 2 heterocycles. The second kappa shape index (κ2) is 5.87. The maximum atomic E-state index is 11.8. The summed E-state index contributed by atoms with van der Waals surface area (Å²) in [5.41, 5.74) is -1.03. The quantitative estimate of drug-likeness (QED) is 0.849. The summed E-state index contributed by atoms with van der Waals surface area (Å²) >= 11 is 0. The lowest BCUT2D eigenvalue weighted by Gasteiger charge is -2.39. The molecule has 0 saturated carbocycles. The Bertz CT molecular complexity index is 527. The van der Waals surface area contributed by atoms with Gasteiger partial charge < -0.3 is 18.9 Å². The summed E-state index contributed by atoms with van der Waals surface area (Å²) in [4.78, 5) is 17.9. The van der Waals surface area contributed by atoms with Crippen molar-refractivity contribution < 1.29 is 18.8 Å². The zero-order valence-electron chi connectivity index (χ0n) is 14.2. The van der Waals surface area contributed by atoms with Gasteiger partial charge in [0.05, 0.1) is 0 Å². The van der Waals surface area contributed by atoms with E-state index >= 15 is 0 Å². The molecule has 0 radical (unpaired) electrons. The third-order valence-corrected chi connectivity index (χ3v) is 3.59. The van der Waals surface area contributed by atoms with Crippen molar-refractivity contribution in [1.82, 2.24) is 15.0 Å². The Morgan fingerprint density at radius 2 is 1.95 bits per heavy atom. The van der Waals surface area contributed by atoms with E-state index in [4.69, 9.17) is 14.0 Å². The van der Waals surface area contributed by atoms with E-state index in [0.29, 0.717) is 37.1 Å². The molecular weight excluding hydrogens is 286 g/mol. The monoisotopic (exact) mass is 311 g/mol. The minimum atomic E-state index is -0.566. The molecule has 1 aliphatic heterocycles. The number of carbonyl (C=O) groups is 1. The number of aromatic nitrogens is 2. The Kier molecular flexibility index (Phi) is 4.47. The Hall–Kier alpha value is -1.63. The molecular formula is C15H25N3O4. The molecule has 1 fully saturated rings. The number of methoxy groups -OCH3 is 1. The average molecular weight is 311 g/mol. The van der Waals surface area contributed by atoms with Crippen molar-refractivity contribution in [2.24, 2.45) is 5.92 Å². The van der Waals surface area contributed by atoms with Gasteiger partial charge in [-0.1, -0.05) is 5.16 Å². The van der Waals surface area contributed by atoms with E-state index < -0.39 is 11.2 Å². The summed E-state index contributed by atoms with van der Waals surface area (Å²) < 4.78 is 15.9. The Balaban J connectivity index is 1.82. The number of ether oxygens (including phenoxy) is 2. The van der Waals surface area contributed by atoms with Crippen LogP contribution >= 0.6 is 0 Å². The van der Waals surface area contributed by atoms with Gasteiger partial charge in [-0.25, -0.2) is 4.79 Å². The lowest BCUT2D eigenvalue weighted by molar-refractivity contribution is -0.00189. The Labute approximate surface area is 131 Å². The molecule has 1 aromatic heterocycles. The predicted octanol–water partition coefficient (Wildman–Crippen LogP) is 2.36. The molecule has 124 valence electrons. The molecule has 1 aliphatic rings. The second-order valence-electron chi connectivity index (χ2n) is 7.18. The van der Waals surface area contributed by atoms with E-state index in [2.05, 4.69) is 10.1 Å². The van der Waals surface area contributed by atoms with Crippen LogP contribution in [0.3, 0.4) is 0 Å². The summed E-state index contributed by atoms with van der Waals surface area (Å²) in [6.07, 6.45) is 0.391. The second-order valence-corrected chi connectivity index (χ2v) is 7.18. The first-order valence-electron chi connectivity index (χ1n) is 7.47. The molecule has 0 spiro atoms. The van der Waals surface area contributed by atoms with Crippen molar-refractivity contribution in [2.75, 3.05) is 20.2 Å². The zero-order valence-corrected chi connectivity index (χ0v) is 14.2. The summed E-state index contributed by atoms with van der Waals surface area (Å²) in [7, 11) is 1.61. The van der Waals surface area contributed by atoms with Gasteiger partial charge in [0, 0.05) is 32.5 Å². The standard InChI is InChI=1S/C15H25N3O4/c1-14(2,3)21-13(19)18-8-10(9-18)7-11-16-12(17-22-11)15(4,5)20-6/h10H,7-9H2,1-6H3. The van der Waals surface area contributed by atoms with E-state index in [1.807, 2.05) is 34.6 Å². The fourth-order valence-corrected chi connectivity index (χ4v) is 2.10. The third kappa shape index (κ3) is 3.97. The van der Waals surface area contributed by atoms with Gasteiger partial charge in [-0.05, 0) is 34.6 Å². The van der Waals surface area contributed by atoms with Crippen LogP contribution in [0.4, 0.5) is 4.79 Å². The summed E-state index contributed by atoms with van der Waals surface area (Å²) in [5, 5.41) is 3.96. The molecule has 0 aliphatic carbocycles. The van der Waals surface area contributed by atoms with Crippen LogP contribution in [0.1, 0.15) is 46.3 Å². The average Bonchev–Trinajstić information content (AvgIpc) is 2.80. The molecule has 1 saturated heterocycles. The van der Waals surface area contributed by atoms with Crippen molar-refractivity contribution >= 4 is 6.09 Å². The smallest absolute Gasteiger partial charge is 0.410 e. The summed E-state index contributed by atoms with van der Waals surface area (Å²) in [5.74, 6) is 1.44. The third-order valence-electron chi connectivity index (χ3n) is 3.59. The highest BCUT2D eigenvalue weighted by molar-refractivity contribution is 5.69. The molecule has 2 rings (SSSR count). The fraction of sp³-hybridized carbons (Fsp3) is 0.800. The molecule has 0 aromatic carbocycles. The summed E-state index contributed by atoms with van der Waals surface area (Å²) in [6, 6.07) is 0. The molecule has 7 nitrogen and oxygen atoms in total. The van der Waals surface area contributed by atoms with Gasteiger partial charge >= 0.3 is 6.09 Å². The normalized spacial score (nSPS) is 16.5. The van der Waals surface area contributed by atoms with E-state index in [9.17, 15) is 4.79 Å². The number of rotatable bonds is 4. The first-order chi connectivity index (χ1) is 10.1. The first kappa shape index (κ1) is 16.7. The molecule has 7 heteroatoms. The number of nitrogens with zero attached hydrogens (tertiary/aromatic N) is 3. The van der Waals surface area contributed by atoms with Crippen molar-refractivity contribution in [1.29, 1.82) is 0 Å². The van der Waals surface area contributed by atoms with Crippen LogP contribution in [0.25, 0.3) is 0 Å². The fourth-order valence-electron chi connectivity index (χ4n) is 2.10. The topological polar surface area (TPSA) is 77.7 Å². The maximum Gasteiger partial charge on any atom is 0.410 e. The Morgan fingerprint density at radius 1 is 1.32 bits per heavy atom. The van der Waals surface area contributed by atoms with Gasteiger partial charge in [0.15, 0.2) is 0 Å². The first-order valence-corrected chi connectivity index (χ1v) is 7.47. The molecule has 1 aromatic rings. The van der Waals surface area contributed by atoms with Gasteiger partial charge in [-0.15, -0.1) is 0 Å².